The van der Waals surface area contributed by atoms with Crippen LogP contribution in [0.3, 0.4) is 0 Å². The van der Waals surface area contributed by atoms with Crippen molar-refractivity contribution >= 4 is 21.8 Å². The number of benzene rings is 1. The Morgan fingerprint density at radius 3 is 2.40 bits per heavy atom. The second kappa shape index (κ2) is 7.08. The van der Waals surface area contributed by atoms with Crippen molar-refractivity contribution in [2.45, 2.75) is 31.5 Å². The van der Waals surface area contributed by atoms with Gasteiger partial charge in [0.15, 0.2) is 6.10 Å². The molecule has 2 N–H and O–H groups in total. The van der Waals surface area contributed by atoms with Crippen molar-refractivity contribution in [3.05, 3.63) is 34.3 Å². The predicted molar refractivity (Wildman–Crippen MR) is 72.2 cm³/mol. The topological polar surface area (TPSA) is 49.3 Å². The zero-order valence-corrected chi connectivity index (χ0v) is 12.3. The van der Waals surface area contributed by atoms with E-state index in [-0.39, 0.29) is 12.3 Å². The van der Waals surface area contributed by atoms with E-state index in [2.05, 4.69) is 21.2 Å². The molecule has 1 aromatic rings. The van der Waals surface area contributed by atoms with Gasteiger partial charge in [-0.15, -0.1) is 0 Å². The molecule has 7 heteroatoms. The number of nitrogens with one attached hydrogen (secondary N) is 1. The first-order chi connectivity index (χ1) is 9.20. The van der Waals surface area contributed by atoms with Crippen LogP contribution in [0.25, 0.3) is 0 Å². The average molecular weight is 354 g/mol. The molecule has 1 aromatic carbocycles. The van der Waals surface area contributed by atoms with E-state index >= 15 is 0 Å². The van der Waals surface area contributed by atoms with Crippen LogP contribution >= 0.6 is 15.9 Å². The standard InChI is InChI=1S/C13H15BrF3NO2/c1-8(9-2-4-10(14)5-3-9)6-12(20)18-7-11(19)13(15,16)17/h2-5,8,11,19H,6-7H2,1H3,(H,18,20). The monoisotopic (exact) mass is 353 g/mol. The van der Waals surface area contributed by atoms with E-state index in [0.29, 0.717) is 0 Å². The summed E-state index contributed by atoms with van der Waals surface area (Å²) in [5, 5.41) is 10.9. The summed E-state index contributed by atoms with van der Waals surface area (Å²) in [6.07, 6.45) is -7.19. The lowest BCUT2D eigenvalue weighted by Crippen LogP contribution is -2.40. The molecule has 112 valence electrons. The van der Waals surface area contributed by atoms with Crippen molar-refractivity contribution in [2.75, 3.05) is 6.54 Å². The Labute approximate surface area is 123 Å². The Bertz CT molecular complexity index is 448. The molecule has 0 bridgehead atoms. The van der Waals surface area contributed by atoms with Crippen molar-refractivity contribution in [1.29, 1.82) is 0 Å². The maximum Gasteiger partial charge on any atom is 0.416 e. The number of alkyl halides is 3. The van der Waals surface area contributed by atoms with Gasteiger partial charge in [-0.3, -0.25) is 4.79 Å². The number of carbonyl (C=O) groups is 1. The Balaban J connectivity index is 2.44. The minimum atomic E-state index is -4.72. The van der Waals surface area contributed by atoms with Crippen molar-refractivity contribution in [2.24, 2.45) is 0 Å². The first kappa shape index (κ1) is 17.0. The van der Waals surface area contributed by atoms with Gasteiger partial charge in [0.05, 0.1) is 6.54 Å². The summed E-state index contributed by atoms with van der Waals surface area (Å²) < 4.78 is 37.1. The van der Waals surface area contributed by atoms with Gasteiger partial charge in [-0.1, -0.05) is 35.0 Å². The van der Waals surface area contributed by atoms with E-state index in [1.54, 1.807) is 0 Å². The Morgan fingerprint density at radius 1 is 1.35 bits per heavy atom. The molecule has 0 spiro atoms. The summed E-state index contributed by atoms with van der Waals surface area (Å²) in [6, 6.07) is 7.34. The van der Waals surface area contributed by atoms with E-state index in [4.69, 9.17) is 5.11 Å². The molecule has 2 unspecified atom stereocenters. The van der Waals surface area contributed by atoms with Crippen LogP contribution in [0.4, 0.5) is 13.2 Å². The number of aliphatic hydroxyl groups is 1. The van der Waals surface area contributed by atoms with E-state index in [9.17, 15) is 18.0 Å². The molecular formula is C13H15BrF3NO2. The van der Waals surface area contributed by atoms with Crippen LogP contribution in [-0.2, 0) is 4.79 Å². The molecule has 0 aliphatic rings. The minimum absolute atomic E-state index is 0.0617. The molecule has 0 aliphatic carbocycles. The highest BCUT2D eigenvalue weighted by atomic mass is 79.9. The highest BCUT2D eigenvalue weighted by molar-refractivity contribution is 9.10. The Hall–Kier alpha value is -1.08. The average Bonchev–Trinajstić information content (AvgIpc) is 2.35. The number of hydrogen-bond donors (Lipinski definition) is 2. The van der Waals surface area contributed by atoms with E-state index in [0.717, 1.165) is 10.0 Å². The number of aliphatic hydroxyl groups excluding tert-OH is 1. The van der Waals surface area contributed by atoms with Gasteiger partial charge in [-0.05, 0) is 23.6 Å². The lowest BCUT2D eigenvalue weighted by molar-refractivity contribution is -0.201. The first-order valence-corrected chi connectivity index (χ1v) is 6.76. The number of amides is 1. The summed E-state index contributed by atoms with van der Waals surface area (Å²) in [4.78, 5) is 11.5. The van der Waals surface area contributed by atoms with Gasteiger partial charge in [-0.25, -0.2) is 0 Å². The number of carbonyl (C=O) groups excluding carboxylic acids is 1. The van der Waals surface area contributed by atoms with E-state index in [1.807, 2.05) is 31.2 Å². The molecule has 0 fully saturated rings. The van der Waals surface area contributed by atoms with Crippen LogP contribution in [0.2, 0.25) is 0 Å². The van der Waals surface area contributed by atoms with Crippen LogP contribution in [0.15, 0.2) is 28.7 Å². The zero-order valence-electron chi connectivity index (χ0n) is 10.7. The lowest BCUT2D eigenvalue weighted by Gasteiger charge is -2.16. The zero-order chi connectivity index (χ0) is 15.3. The molecule has 0 saturated carbocycles. The van der Waals surface area contributed by atoms with Gasteiger partial charge in [0, 0.05) is 10.9 Å². The van der Waals surface area contributed by atoms with Gasteiger partial charge < -0.3 is 10.4 Å². The van der Waals surface area contributed by atoms with Crippen molar-refractivity contribution in [3.63, 3.8) is 0 Å². The molecule has 2 atom stereocenters. The van der Waals surface area contributed by atoms with Crippen molar-refractivity contribution in [1.82, 2.24) is 5.32 Å². The molecule has 0 aromatic heterocycles. The minimum Gasteiger partial charge on any atom is -0.382 e. The van der Waals surface area contributed by atoms with Gasteiger partial charge in [0.2, 0.25) is 5.91 Å². The highest BCUT2D eigenvalue weighted by Crippen LogP contribution is 2.22. The third-order valence-corrected chi connectivity index (χ3v) is 3.33. The molecule has 20 heavy (non-hydrogen) atoms. The van der Waals surface area contributed by atoms with Gasteiger partial charge in [0.25, 0.3) is 0 Å². The molecule has 3 nitrogen and oxygen atoms in total. The maximum atomic E-state index is 12.1. The van der Waals surface area contributed by atoms with Crippen molar-refractivity contribution in [3.8, 4) is 0 Å². The second-order valence-corrected chi connectivity index (χ2v) is 5.43. The summed E-state index contributed by atoms with van der Waals surface area (Å²) in [5.41, 5.74) is 0.916. The first-order valence-electron chi connectivity index (χ1n) is 5.97. The van der Waals surface area contributed by atoms with E-state index < -0.39 is 24.7 Å². The Morgan fingerprint density at radius 2 is 1.90 bits per heavy atom. The van der Waals surface area contributed by atoms with Crippen LogP contribution in [0.5, 0.6) is 0 Å². The van der Waals surface area contributed by atoms with Gasteiger partial charge in [0.1, 0.15) is 0 Å². The quantitative estimate of drug-likeness (QED) is 0.854. The van der Waals surface area contributed by atoms with Crippen LogP contribution in [0, 0.1) is 0 Å². The fourth-order valence-corrected chi connectivity index (χ4v) is 1.85. The normalized spacial score (nSPS) is 14.7. The van der Waals surface area contributed by atoms with Gasteiger partial charge in [-0.2, -0.15) is 13.2 Å². The van der Waals surface area contributed by atoms with Gasteiger partial charge >= 0.3 is 6.18 Å². The number of halogens is 4. The fourth-order valence-electron chi connectivity index (χ4n) is 1.59. The molecule has 0 heterocycles. The second-order valence-electron chi connectivity index (χ2n) is 4.52. The largest absolute Gasteiger partial charge is 0.416 e. The lowest BCUT2D eigenvalue weighted by atomic mass is 9.97. The SMILES string of the molecule is CC(CC(=O)NCC(O)C(F)(F)F)c1ccc(Br)cc1. The predicted octanol–water partition coefficient (Wildman–Crippen LogP) is 2.98. The number of rotatable bonds is 5. The fraction of sp³-hybridized carbons (Fsp3) is 0.462. The summed E-state index contributed by atoms with van der Waals surface area (Å²) in [5.74, 6) is -0.644. The third kappa shape index (κ3) is 5.50. The summed E-state index contributed by atoms with van der Waals surface area (Å²) in [6.45, 7) is 0.985. The highest BCUT2D eigenvalue weighted by Gasteiger charge is 2.38. The van der Waals surface area contributed by atoms with Crippen LogP contribution < -0.4 is 5.32 Å². The van der Waals surface area contributed by atoms with Crippen LogP contribution in [-0.4, -0.2) is 29.8 Å². The Kier molecular flexibility index (Phi) is 6.01. The molecule has 0 radical (unpaired) electrons. The smallest absolute Gasteiger partial charge is 0.382 e. The van der Waals surface area contributed by atoms with Crippen molar-refractivity contribution < 1.29 is 23.1 Å². The molecule has 0 aliphatic heterocycles. The summed E-state index contributed by atoms with van der Waals surface area (Å²) in [7, 11) is 0. The van der Waals surface area contributed by atoms with E-state index in [1.165, 1.54) is 0 Å². The number of hydrogen-bond acceptors (Lipinski definition) is 2. The molecule has 1 rings (SSSR count). The molecule has 1 amide bonds. The molecule has 0 saturated heterocycles. The van der Waals surface area contributed by atoms with Crippen LogP contribution in [0.1, 0.15) is 24.8 Å². The summed E-state index contributed by atoms with van der Waals surface area (Å²) >= 11 is 3.29. The maximum absolute atomic E-state index is 12.1. The third-order valence-electron chi connectivity index (χ3n) is 2.80. The molecular weight excluding hydrogens is 339 g/mol.